The predicted octanol–water partition coefficient (Wildman–Crippen LogP) is 3.29. The number of nitro benzene ring substituents is 1. The zero-order valence-electron chi connectivity index (χ0n) is 14.7. The highest BCUT2D eigenvalue weighted by Gasteiger charge is 2.33. The molecule has 1 heterocycles. The van der Waals surface area contributed by atoms with Crippen LogP contribution in [0.15, 0.2) is 53.4 Å². The molecule has 1 amide bonds. The molecule has 2 aromatic carbocycles. The molecule has 0 aliphatic carbocycles. The lowest BCUT2D eigenvalue weighted by atomic mass is 9.98. The predicted molar refractivity (Wildman–Crippen MR) is 105 cm³/mol. The van der Waals surface area contributed by atoms with Gasteiger partial charge in [0, 0.05) is 25.2 Å². The summed E-state index contributed by atoms with van der Waals surface area (Å²) in [6.45, 7) is 0.369. The maximum Gasteiger partial charge on any atom is 0.271 e. The van der Waals surface area contributed by atoms with Gasteiger partial charge in [-0.15, -0.1) is 0 Å². The largest absolute Gasteiger partial charge is 0.324 e. The Hall–Kier alpha value is -2.49. The smallest absolute Gasteiger partial charge is 0.271 e. The second-order valence-electron chi connectivity index (χ2n) is 6.43. The Balaban J connectivity index is 1.75. The van der Waals surface area contributed by atoms with Gasteiger partial charge in [-0.25, -0.2) is 8.42 Å². The molecule has 1 saturated heterocycles. The third-order valence-corrected chi connectivity index (χ3v) is 6.76. The van der Waals surface area contributed by atoms with Gasteiger partial charge in [-0.3, -0.25) is 14.9 Å². The lowest BCUT2D eigenvalue weighted by Gasteiger charge is -2.31. The van der Waals surface area contributed by atoms with Gasteiger partial charge in [0.2, 0.25) is 15.9 Å². The van der Waals surface area contributed by atoms with Crippen LogP contribution in [0.25, 0.3) is 0 Å². The molecule has 2 aromatic rings. The number of halogens is 1. The minimum atomic E-state index is -3.69. The van der Waals surface area contributed by atoms with Crippen molar-refractivity contribution < 1.29 is 18.1 Å². The normalized spacial score (nSPS) is 17.8. The van der Waals surface area contributed by atoms with E-state index >= 15 is 0 Å². The second-order valence-corrected chi connectivity index (χ2v) is 8.77. The first-order valence-electron chi connectivity index (χ1n) is 8.59. The highest BCUT2D eigenvalue weighted by molar-refractivity contribution is 7.89. The number of sulfonamides is 1. The fraction of sp³-hybridized carbons (Fsp3) is 0.278. The fourth-order valence-corrected chi connectivity index (χ4v) is 4.78. The average molecular weight is 424 g/mol. The molecule has 8 nitrogen and oxygen atoms in total. The first-order valence-corrected chi connectivity index (χ1v) is 10.4. The van der Waals surface area contributed by atoms with Crippen molar-refractivity contribution in [3.05, 3.63) is 63.7 Å². The highest BCUT2D eigenvalue weighted by Crippen LogP contribution is 2.29. The van der Waals surface area contributed by atoms with Crippen molar-refractivity contribution >= 4 is 38.9 Å². The molecule has 10 heteroatoms. The van der Waals surface area contributed by atoms with Gasteiger partial charge in [0.1, 0.15) is 0 Å². The van der Waals surface area contributed by atoms with Gasteiger partial charge < -0.3 is 5.32 Å². The Kier molecular flexibility index (Phi) is 5.97. The van der Waals surface area contributed by atoms with E-state index in [2.05, 4.69) is 5.32 Å². The average Bonchev–Trinajstić information content (AvgIpc) is 2.70. The molecule has 148 valence electrons. The lowest BCUT2D eigenvalue weighted by Crippen LogP contribution is -2.43. The number of nitrogens with one attached hydrogen (secondary N) is 1. The number of benzene rings is 2. The Morgan fingerprint density at radius 1 is 1.21 bits per heavy atom. The molecule has 0 saturated carbocycles. The number of non-ortho nitro benzene ring substituents is 1. The molecule has 28 heavy (non-hydrogen) atoms. The summed E-state index contributed by atoms with van der Waals surface area (Å²) in [4.78, 5) is 23.2. The summed E-state index contributed by atoms with van der Waals surface area (Å²) in [5.74, 6) is -1.00. The number of rotatable bonds is 5. The van der Waals surface area contributed by atoms with Crippen molar-refractivity contribution in [1.29, 1.82) is 0 Å². The van der Waals surface area contributed by atoms with E-state index in [0.717, 1.165) is 0 Å². The molecule has 0 radical (unpaired) electrons. The number of anilines is 1. The number of carbonyl (C=O) groups is 1. The molecule has 1 fully saturated rings. The lowest BCUT2D eigenvalue weighted by molar-refractivity contribution is -0.384. The van der Waals surface area contributed by atoms with Gasteiger partial charge in [0.25, 0.3) is 5.69 Å². The summed E-state index contributed by atoms with van der Waals surface area (Å²) in [5, 5.41) is 13.7. The van der Waals surface area contributed by atoms with Crippen molar-refractivity contribution in [2.24, 2.45) is 5.92 Å². The van der Waals surface area contributed by atoms with Crippen LogP contribution in [0.5, 0.6) is 0 Å². The number of nitrogens with zero attached hydrogens (tertiary/aromatic N) is 2. The maximum absolute atomic E-state index is 12.8. The van der Waals surface area contributed by atoms with Gasteiger partial charge in [-0.2, -0.15) is 4.31 Å². The van der Waals surface area contributed by atoms with Crippen LogP contribution in [0.2, 0.25) is 5.02 Å². The number of hydrogen-bond donors (Lipinski definition) is 1. The third-order valence-electron chi connectivity index (χ3n) is 4.55. The minimum absolute atomic E-state index is 0.0373. The molecular formula is C18H18ClN3O5S. The van der Waals surface area contributed by atoms with Gasteiger partial charge in [-0.05, 0) is 31.0 Å². The molecule has 1 aliphatic heterocycles. The summed E-state index contributed by atoms with van der Waals surface area (Å²) in [6.07, 6.45) is 1.05. The first-order chi connectivity index (χ1) is 13.3. The molecule has 0 spiro atoms. The number of hydrogen-bond acceptors (Lipinski definition) is 5. The van der Waals surface area contributed by atoms with Crippen LogP contribution in [-0.4, -0.2) is 36.6 Å². The summed E-state index contributed by atoms with van der Waals surface area (Å²) in [5.41, 5.74) is -0.0690. The summed E-state index contributed by atoms with van der Waals surface area (Å²) < 4.78 is 26.9. The standard InChI is InChI=1S/C18H18ClN3O5S/c19-16-9-8-14(22(24)25)11-17(16)20-18(23)13-5-4-10-21(12-13)28(26,27)15-6-2-1-3-7-15/h1-3,6-9,11,13H,4-5,10,12H2,(H,20,23)/t13-/m0/s1. The van der Waals surface area contributed by atoms with E-state index in [4.69, 9.17) is 11.6 Å². The van der Waals surface area contributed by atoms with Crippen molar-refractivity contribution in [3.63, 3.8) is 0 Å². The minimum Gasteiger partial charge on any atom is -0.324 e. The fourth-order valence-electron chi connectivity index (χ4n) is 3.07. The maximum atomic E-state index is 12.8. The van der Waals surface area contributed by atoms with Crippen LogP contribution >= 0.6 is 11.6 Å². The van der Waals surface area contributed by atoms with Crippen molar-refractivity contribution in [3.8, 4) is 0 Å². The quantitative estimate of drug-likeness (QED) is 0.586. The Bertz CT molecular complexity index is 998. The van der Waals surface area contributed by atoms with E-state index in [-0.39, 0.29) is 27.8 Å². The topological polar surface area (TPSA) is 110 Å². The number of piperidine rings is 1. The molecule has 0 aromatic heterocycles. The molecule has 0 bridgehead atoms. The summed E-state index contributed by atoms with van der Waals surface area (Å²) >= 11 is 6.02. The van der Waals surface area contributed by atoms with Gasteiger partial charge >= 0.3 is 0 Å². The molecule has 1 aliphatic rings. The van der Waals surface area contributed by atoms with E-state index < -0.39 is 26.8 Å². The van der Waals surface area contributed by atoms with Crippen LogP contribution < -0.4 is 5.32 Å². The molecule has 1 atom stereocenters. The van der Waals surface area contributed by atoms with E-state index in [1.807, 2.05) is 0 Å². The van der Waals surface area contributed by atoms with E-state index in [1.165, 1.54) is 34.6 Å². The molecule has 1 N–H and O–H groups in total. The number of carbonyl (C=O) groups excluding carboxylic acids is 1. The number of amides is 1. The first kappa shape index (κ1) is 20.2. The van der Waals surface area contributed by atoms with Gasteiger partial charge in [-0.1, -0.05) is 29.8 Å². The van der Waals surface area contributed by atoms with Crippen LogP contribution in [-0.2, 0) is 14.8 Å². The van der Waals surface area contributed by atoms with E-state index in [9.17, 15) is 23.3 Å². The van der Waals surface area contributed by atoms with Crippen LogP contribution in [0.4, 0.5) is 11.4 Å². The van der Waals surface area contributed by atoms with Crippen molar-refractivity contribution in [1.82, 2.24) is 4.31 Å². The summed E-state index contributed by atoms with van der Waals surface area (Å²) in [6, 6.07) is 11.8. The van der Waals surface area contributed by atoms with Crippen molar-refractivity contribution in [2.75, 3.05) is 18.4 Å². The SMILES string of the molecule is O=C(Nc1cc([N+](=O)[O-])ccc1Cl)[C@H]1CCCN(S(=O)(=O)c2ccccc2)C1. The second kappa shape index (κ2) is 8.26. The monoisotopic (exact) mass is 423 g/mol. The van der Waals surface area contributed by atoms with Gasteiger partial charge in [0.05, 0.1) is 26.4 Å². The zero-order chi connectivity index (χ0) is 20.3. The van der Waals surface area contributed by atoms with Crippen LogP contribution in [0.3, 0.4) is 0 Å². The zero-order valence-corrected chi connectivity index (χ0v) is 16.3. The van der Waals surface area contributed by atoms with Gasteiger partial charge in [0.15, 0.2) is 0 Å². The molecular weight excluding hydrogens is 406 g/mol. The van der Waals surface area contributed by atoms with Crippen LogP contribution in [0.1, 0.15) is 12.8 Å². The Morgan fingerprint density at radius 2 is 1.93 bits per heavy atom. The van der Waals surface area contributed by atoms with E-state index in [1.54, 1.807) is 18.2 Å². The Labute approximate surface area is 167 Å². The summed E-state index contributed by atoms with van der Waals surface area (Å²) in [7, 11) is -3.69. The van der Waals surface area contributed by atoms with E-state index in [0.29, 0.717) is 19.4 Å². The molecule has 0 unspecified atom stereocenters. The molecule has 3 rings (SSSR count). The third kappa shape index (κ3) is 4.32. The Morgan fingerprint density at radius 3 is 2.61 bits per heavy atom. The highest BCUT2D eigenvalue weighted by atomic mass is 35.5. The van der Waals surface area contributed by atoms with Crippen LogP contribution in [0, 0.1) is 16.0 Å². The number of nitro groups is 1. The van der Waals surface area contributed by atoms with Crippen molar-refractivity contribution in [2.45, 2.75) is 17.7 Å².